The maximum Gasteiger partial charge on any atom is 0.151 e. The topological polar surface area (TPSA) is 74.6 Å². The third-order valence-corrected chi connectivity index (χ3v) is 2.42. The van der Waals surface area contributed by atoms with E-state index in [4.69, 9.17) is 0 Å². The molecule has 1 fully saturated rings. The molecule has 0 heterocycles. The van der Waals surface area contributed by atoms with Crippen LogP contribution in [0.15, 0.2) is 0 Å². The molecule has 0 unspecified atom stereocenters. The highest BCUT2D eigenvalue weighted by atomic mass is 16.3. The molecule has 0 saturated heterocycles. The molecule has 1 rings (SSSR count). The van der Waals surface area contributed by atoms with Crippen LogP contribution >= 0.6 is 0 Å². The zero-order valence-electron chi connectivity index (χ0n) is 6.69. The Morgan fingerprint density at radius 2 is 1.08 bits per heavy atom. The van der Waals surface area contributed by atoms with Gasteiger partial charge < -0.3 is 19.8 Å². The molecule has 12 heavy (non-hydrogen) atoms. The Hall–Kier alpha value is -0.740. The quantitative estimate of drug-likeness (QED) is 0.546. The normalized spacial score (nSPS) is 42.2. The SMILES string of the molecule is O=CC1(O)CCC(O)(C=O)CC1. The Morgan fingerprint density at radius 1 is 0.833 bits per heavy atom. The van der Waals surface area contributed by atoms with Gasteiger partial charge >= 0.3 is 0 Å². The van der Waals surface area contributed by atoms with E-state index >= 15 is 0 Å². The summed E-state index contributed by atoms with van der Waals surface area (Å²) in [5.74, 6) is 0. The molecule has 0 radical (unpaired) electrons. The highest BCUT2D eigenvalue weighted by Gasteiger charge is 2.40. The predicted octanol–water partition coefficient (Wildman–Crippen LogP) is -0.580. The molecule has 0 aromatic rings. The van der Waals surface area contributed by atoms with E-state index < -0.39 is 11.2 Å². The average Bonchev–Trinajstić information content (AvgIpc) is 2.11. The summed E-state index contributed by atoms with van der Waals surface area (Å²) < 4.78 is 0. The summed E-state index contributed by atoms with van der Waals surface area (Å²) in [4.78, 5) is 20.7. The highest BCUT2D eigenvalue weighted by molar-refractivity contribution is 5.66. The molecule has 2 N–H and O–H groups in total. The molecule has 0 spiro atoms. The van der Waals surface area contributed by atoms with Crippen LogP contribution in [0.3, 0.4) is 0 Å². The van der Waals surface area contributed by atoms with Crippen LogP contribution in [0.1, 0.15) is 25.7 Å². The van der Waals surface area contributed by atoms with E-state index in [2.05, 4.69) is 0 Å². The first-order valence-electron chi connectivity index (χ1n) is 3.91. The van der Waals surface area contributed by atoms with Gasteiger partial charge in [-0.1, -0.05) is 0 Å². The van der Waals surface area contributed by atoms with Crippen LogP contribution < -0.4 is 0 Å². The van der Waals surface area contributed by atoms with Crippen LogP contribution in [-0.2, 0) is 9.59 Å². The first-order chi connectivity index (χ1) is 5.54. The highest BCUT2D eigenvalue weighted by Crippen LogP contribution is 2.32. The summed E-state index contributed by atoms with van der Waals surface area (Å²) in [7, 11) is 0. The van der Waals surface area contributed by atoms with Gasteiger partial charge in [-0.25, -0.2) is 0 Å². The minimum Gasteiger partial charge on any atom is -0.382 e. The summed E-state index contributed by atoms with van der Waals surface area (Å²) >= 11 is 0. The van der Waals surface area contributed by atoms with Gasteiger partial charge in [0.05, 0.1) is 0 Å². The van der Waals surface area contributed by atoms with E-state index in [1.807, 2.05) is 0 Å². The van der Waals surface area contributed by atoms with Crippen molar-refractivity contribution in [2.75, 3.05) is 0 Å². The van der Waals surface area contributed by atoms with Crippen LogP contribution in [0, 0.1) is 0 Å². The van der Waals surface area contributed by atoms with Crippen molar-refractivity contribution in [3.05, 3.63) is 0 Å². The van der Waals surface area contributed by atoms with Gasteiger partial charge in [-0.15, -0.1) is 0 Å². The molecule has 1 saturated carbocycles. The fraction of sp³-hybridized carbons (Fsp3) is 0.750. The third-order valence-electron chi connectivity index (χ3n) is 2.42. The van der Waals surface area contributed by atoms with Gasteiger partial charge in [0.15, 0.2) is 12.6 Å². The van der Waals surface area contributed by atoms with E-state index in [0.29, 0.717) is 12.6 Å². The lowest BCUT2D eigenvalue weighted by molar-refractivity contribution is -0.142. The first-order valence-corrected chi connectivity index (χ1v) is 3.91. The maximum atomic E-state index is 10.4. The fourth-order valence-electron chi connectivity index (χ4n) is 1.35. The van der Waals surface area contributed by atoms with Crippen molar-refractivity contribution < 1.29 is 19.8 Å². The molecular weight excluding hydrogens is 160 g/mol. The number of aldehydes is 2. The first kappa shape index (κ1) is 9.35. The van der Waals surface area contributed by atoms with E-state index in [0.717, 1.165) is 0 Å². The molecule has 0 aromatic carbocycles. The molecule has 0 amide bonds. The summed E-state index contributed by atoms with van der Waals surface area (Å²) in [6.07, 6.45) is 1.60. The molecular formula is C8H12O4. The largest absolute Gasteiger partial charge is 0.382 e. The van der Waals surface area contributed by atoms with Crippen molar-refractivity contribution in [1.29, 1.82) is 0 Å². The van der Waals surface area contributed by atoms with Crippen molar-refractivity contribution >= 4 is 12.6 Å². The van der Waals surface area contributed by atoms with Crippen molar-refractivity contribution in [3.8, 4) is 0 Å². The Bertz CT molecular complexity index is 169. The molecule has 0 aromatic heterocycles. The Labute approximate surface area is 70.2 Å². The number of carbonyl (C=O) groups excluding carboxylic acids is 2. The second-order valence-corrected chi connectivity index (χ2v) is 3.44. The van der Waals surface area contributed by atoms with Crippen molar-refractivity contribution in [2.24, 2.45) is 0 Å². The molecule has 1 aliphatic carbocycles. The Balaban J connectivity index is 2.60. The molecule has 0 bridgehead atoms. The lowest BCUT2D eigenvalue weighted by atomic mass is 9.77. The van der Waals surface area contributed by atoms with Gasteiger partial charge in [0.25, 0.3) is 0 Å². The third kappa shape index (κ3) is 1.70. The smallest absolute Gasteiger partial charge is 0.151 e. The van der Waals surface area contributed by atoms with E-state index in [1.165, 1.54) is 0 Å². The lowest BCUT2D eigenvalue weighted by Gasteiger charge is -2.34. The van der Waals surface area contributed by atoms with Crippen LogP contribution in [-0.4, -0.2) is 34.0 Å². The van der Waals surface area contributed by atoms with E-state index in [9.17, 15) is 19.8 Å². The second kappa shape index (κ2) is 2.95. The number of hydrogen-bond acceptors (Lipinski definition) is 4. The summed E-state index contributed by atoms with van der Waals surface area (Å²) in [5.41, 5.74) is -2.65. The number of hydrogen-bond donors (Lipinski definition) is 2. The molecule has 4 heteroatoms. The monoisotopic (exact) mass is 172 g/mol. The fourth-order valence-corrected chi connectivity index (χ4v) is 1.35. The van der Waals surface area contributed by atoms with E-state index in [1.54, 1.807) is 0 Å². The zero-order chi connectivity index (χ0) is 9.24. The second-order valence-electron chi connectivity index (χ2n) is 3.44. The molecule has 0 aliphatic heterocycles. The van der Waals surface area contributed by atoms with Crippen LogP contribution in [0.4, 0.5) is 0 Å². The molecule has 4 nitrogen and oxygen atoms in total. The Morgan fingerprint density at radius 3 is 1.25 bits per heavy atom. The van der Waals surface area contributed by atoms with Crippen LogP contribution in [0.25, 0.3) is 0 Å². The van der Waals surface area contributed by atoms with E-state index in [-0.39, 0.29) is 25.7 Å². The Kier molecular flexibility index (Phi) is 2.30. The minimum atomic E-state index is -1.32. The van der Waals surface area contributed by atoms with Crippen LogP contribution in [0.2, 0.25) is 0 Å². The van der Waals surface area contributed by atoms with Gasteiger partial charge in [-0.2, -0.15) is 0 Å². The summed E-state index contributed by atoms with van der Waals surface area (Å²) in [6, 6.07) is 0. The van der Waals surface area contributed by atoms with Crippen molar-refractivity contribution in [1.82, 2.24) is 0 Å². The predicted molar refractivity (Wildman–Crippen MR) is 40.5 cm³/mol. The van der Waals surface area contributed by atoms with Gasteiger partial charge in [-0.3, -0.25) is 0 Å². The van der Waals surface area contributed by atoms with Gasteiger partial charge in [0.2, 0.25) is 0 Å². The minimum absolute atomic E-state index is 0.158. The summed E-state index contributed by atoms with van der Waals surface area (Å²) in [5, 5.41) is 18.8. The number of rotatable bonds is 2. The lowest BCUT2D eigenvalue weighted by Crippen LogP contribution is -2.44. The van der Waals surface area contributed by atoms with Gasteiger partial charge in [0, 0.05) is 0 Å². The van der Waals surface area contributed by atoms with Crippen molar-refractivity contribution in [2.45, 2.75) is 36.9 Å². The zero-order valence-corrected chi connectivity index (χ0v) is 6.69. The maximum absolute atomic E-state index is 10.4. The van der Waals surface area contributed by atoms with Gasteiger partial charge in [-0.05, 0) is 25.7 Å². The van der Waals surface area contributed by atoms with Crippen LogP contribution in [0.5, 0.6) is 0 Å². The number of carbonyl (C=O) groups is 2. The van der Waals surface area contributed by atoms with Gasteiger partial charge in [0.1, 0.15) is 11.2 Å². The molecule has 0 atom stereocenters. The summed E-state index contributed by atoms with van der Waals surface area (Å²) in [6.45, 7) is 0. The van der Waals surface area contributed by atoms with Crippen molar-refractivity contribution in [3.63, 3.8) is 0 Å². The average molecular weight is 172 g/mol. The molecule has 68 valence electrons. The standard InChI is InChI=1S/C8H12O4/c9-5-7(11)1-2-8(12,6-10)4-3-7/h5-6,11-12H,1-4H2. The number of aliphatic hydroxyl groups is 2. The molecule has 1 aliphatic rings.